The normalized spacial score (nSPS) is 16.5. The zero-order valence-electron chi connectivity index (χ0n) is 11.2. The van der Waals surface area contributed by atoms with Crippen LogP contribution in [0.1, 0.15) is 18.5 Å². The highest BCUT2D eigenvalue weighted by Gasteiger charge is 2.18. The van der Waals surface area contributed by atoms with Crippen molar-refractivity contribution in [2.75, 3.05) is 18.9 Å². The summed E-state index contributed by atoms with van der Waals surface area (Å²) in [7, 11) is 0. The van der Waals surface area contributed by atoms with Crippen molar-refractivity contribution < 1.29 is 9.47 Å². The maximum atomic E-state index is 6.10. The third kappa shape index (κ3) is 2.71. The number of fused-ring (bicyclic) bond motifs is 1. The number of benzene rings is 1. The van der Waals surface area contributed by atoms with E-state index in [2.05, 4.69) is 25.9 Å². The summed E-state index contributed by atoms with van der Waals surface area (Å²) >= 11 is 3.51. The average Bonchev–Trinajstić information content (AvgIpc) is 2.41. The summed E-state index contributed by atoms with van der Waals surface area (Å²) in [6.45, 7) is 3.41. The largest absolute Gasteiger partial charge is 0.488 e. The van der Waals surface area contributed by atoms with Crippen LogP contribution in [0.5, 0.6) is 5.75 Å². The van der Waals surface area contributed by atoms with Crippen molar-refractivity contribution in [3.8, 4) is 5.75 Å². The van der Waals surface area contributed by atoms with E-state index in [1.807, 2.05) is 19.1 Å². The lowest BCUT2D eigenvalue weighted by molar-refractivity contribution is 0.0261. The number of rotatable bonds is 2. The Kier molecular flexibility index (Phi) is 3.76. The fourth-order valence-electron chi connectivity index (χ4n) is 2.40. The van der Waals surface area contributed by atoms with Crippen LogP contribution in [-0.4, -0.2) is 29.3 Å². The Balaban J connectivity index is 2.04. The van der Waals surface area contributed by atoms with E-state index in [0.717, 1.165) is 52.9 Å². The van der Waals surface area contributed by atoms with Gasteiger partial charge in [-0.2, -0.15) is 0 Å². The summed E-state index contributed by atoms with van der Waals surface area (Å²) < 4.78 is 12.4. The number of anilines is 1. The van der Waals surface area contributed by atoms with Crippen molar-refractivity contribution in [3.05, 3.63) is 22.3 Å². The van der Waals surface area contributed by atoms with Crippen molar-refractivity contribution in [1.29, 1.82) is 0 Å². The Hall–Kier alpha value is -1.40. The lowest BCUT2D eigenvalue weighted by Crippen LogP contribution is -2.26. The number of nitrogens with two attached hydrogens (primary N) is 1. The molecule has 1 aliphatic rings. The maximum Gasteiger partial charge on any atom is 0.220 e. The lowest BCUT2D eigenvalue weighted by atomic mass is 10.1. The molecule has 0 radical (unpaired) electrons. The van der Waals surface area contributed by atoms with Crippen molar-refractivity contribution in [3.63, 3.8) is 0 Å². The van der Waals surface area contributed by atoms with Crippen LogP contribution < -0.4 is 10.5 Å². The minimum atomic E-state index is 0.165. The minimum absolute atomic E-state index is 0.165. The average molecular weight is 338 g/mol. The van der Waals surface area contributed by atoms with Gasteiger partial charge in [0, 0.05) is 22.7 Å². The number of nitrogen functional groups attached to an aromatic ring is 1. The van der Waals surface area contributed by atoms with E-state index < -0.39 is 0 Å². The quantitative estimate of drug-likeness (QED) is 0.912. The summed E-state index contributed by atoms with van der Waals surface area (Å²) in [5, 5.41) is 0.954. The predicted octanol–water partition coefficient (Wildman–Crippen LogP) is 2.84. The Morgan fingerprint density at radius 1 is 1.30 bits per heavy atom. The van der Waals surface area contributed by atoms with Gasteiger partial charge in [-0.1, -0.05) is 15.9 Å². The number of aryl methyl sites for hydroxylation is 1. The molecular weight excluding hydrogens is 322 g/mol. The zero-order chi connectivity index (χ0) is 14.1. The van der Waals surface area contributed by atoms with Crippen molar-refractivity contribution in [1.82, 2.24) is 9.97 Å². The molecule has 0 atom stereocenters. The molecule has 1 aliphatic heterocycles. The topological polar surface area (TPSA) is 70.3 Å². The second kappa shape index (κ2) is 5.54. The van der Waals surface area contributed by atoms with Gasteiger partial charge >= 0.3 is 0 Å². The first-order valence-corrected chi connectivity index (χ1v) is 7.40. The molecule has 0 bridgehead atoms. The van der Waals surface area contributed by atoms with Crippen LogP contribution in [0.4, 0.5) is 5.95 Å². The summed E-state index contributed by atoms with van der Waals surface area (Å²) in [5.74, 6) is 1.02. The lowest BCUT2D eigenvalue weighted by Gasteiger charge is -2.24. The first kappa shape index (κ1) is 13.6. The molecule has 106 valence electrons. The van der Waals surface area contributed by atoms with Crippen LogP contribution in [0.25, 0.3) is 10.9 Å². The molecule has 1 aromatic carbocycles. The minimum Gasteiger partial charge on any atom is -0.488 e. The first-order chi connectivity index (χ1) is 9.63. The molecule has 0 amide bonds. The smallest absolute Gasteiger partial charge is 0.220 e. The van der Waals surface area contributed by atoms with E-state index in [9.17, 15) is 0 Å². The van der Waals surface area contributed by atoms with Crippen LogP contribution in [0.3, 0.4) is 0 Å². The van der Waals surface area contributed by atoms with Gasteiger partial charge in [0.2, 0.25) is 5.95 Å². The molecule has 2 aromatic rings. The van der Waals surface area contributed by atoms with E-state index in [1.54, 1.807) is 0 Å². The molecule has 2 N–H and O–H groups in total. The Morgan fingerprint density at radius 3 is 2.80 bits per heavy atom. The van der Waals surface area contributed by atoms with Gasteiger partial charge < -0.3 is 15.2 Å². The molecule has 0 unspecified atom stereocenters. The Bertz CT molecular complexity index is 642. The number of ether oxygens (including phenoxy) is 2. The van der Waals surface area contributed by atoms with E-state index in [4.69, 9.17) is 15.2 Å². The molecule has 1 saturated heterocycles. The fourth-order valence-corrected chi connectivity index (χ4v) is 2.84. The van der Waals surface area contributed by atoms with Crippen LogP contribution >= 0.6 is 15.9 Å². The highest BCUT2D eigenvalue weighted by Crippen LogP contribution is 2.32. The van der Waals surface area contributed by atoms with E-state index in [1.165, 1.54) is 0 Å². The summed E-state index contributed by atoms with van der Waals surface area (Å²) in [6, 6.07) is 3.92. The molecule has 3 rings (SSSR count). The van der Waals surface area contributed by atoms with Crippen molar-refractivity contribution >= 4 is 32.8 Å². The van der Waals surface area contributed by atoms with E-state index >= 15 is 0 Å². The SMILES string of the molecule is Cc1nc(N)nc2c(OC3CCOCC3)cc(Br)cc12. The predicted molar refractivity (Wildman–Crippen MR) is 80.9 cm³/mol. The van der Waals surface area contributed by atoms with Gasteiger partial charge in [-0.15, -0.1) is 0 Å². The van der Waals surface area contributed by atoms with Gasteiger partial charge in [-0.3, -0.25) is 0 Å². The van der Waals surface area contributed by atoms with Gasteiger partial charge in [-0.05, 0) is 19.1 Å². The molecule has 0 spiro atoms. The first-order valence-electron chi connectivity index (χ1n) is 6.61. The van der Waals surface area contributed by atoms with Gasteiger partial charge in [0.15, 0.2) is 0 Å². The third-order valence-electron chi connectivity index (χ3n) is 3.40. The number of nitrogens with zero attached hydrogens (tertiary/aromatic N) is 2. The van der Waals surface area contributed by atoms with Gasteiger partial charge in [0.05, 0.1) is 18.9 Å². The second-order valence-electron chi connectivity index (χ2n) is 4.90. The highest BCUT2D eigenvalue weighted by molar-refractivity contribution is 9.10. The number of hydrogen-bond acceptors (Lipinski definition) is 5. The molecule has 6 heteroatoms. The monoisotopic (exact) mass is 337 g/mol. The standard InChI is InChI=1S/C14H16BrN3O2/c1-8-11-6-9(15)7-12(13(11)18-14(16)17-8)20-10-2-4-19-5-3-10/h6-7,10H,2-5H2,1H3,(H2,16,17,18). The molecule has 1 aromatic heterocycles. The Morgan fingerprint density at radius 2 is 2.05 bits per heavy atom. The van der Waals surface area contributed by atoms with Crippen LogP contribution in [0, 0.1) is 6.92 Å². The summed E-state index contributed by atoms with van der Waals surface area (Å²) in [5.41, 5.74) is 7.38. The van der Waals surface area contributed by atoms with Crippen molar-refractivity contribution in [2.45, 2.75) is 25.9 Å². The van der Waals surface area contributed by atoms with Crippen LogP contribution in [0.15, 0.2) is 16.6 Å². The van der Waals surface area contributed by atoms with Crippen molar-refractivity contribution in [2.24, 2.45) is 0 Å². The molecule has 5 nitrogen and oxygen atoms in total. The summed E-state index contributed by atoms with van der Waals surface area (Å²) in [4.78, 5) is 8.53. The molecule has 2 heterocycles. The third-order valence-corrected chi connectivity index (χ3v) is 3.86. The molecule has 0 aliphatic carbocycles. The fraction of sp³-hybridized carbons (Fsp3) is 0.429. The molecule has 20 heavy (non-hydrogen) atoms. The number of hydrogen-bond donors (Lipinski definition) is 1. The second-order valence-corrected chi connectivity index (χ2v) is 5.81. The van der Waals surface area contributed by atoms with E-state index in [0.29, 0.717) is 0 Å². The van der Waals surface area contributed by atoms with Gasteiger partial charge in [0.1, 0.15) is 17.4 Å². The molecule has 1 fully saturated rings. The zero-order valence-corrected chi connectivity index (χ0v) is 12.8. The van der Waals surface area contributed by atoms with Crippen LogP contribution in [0.2, 0.25) is 0 Å². The van der Waals surface area contributed by atoms with Gasteiger partial charge in [0.25, 0.3) is 0 Å². The number of halogens is 1. The Labute approximate surface area is 125 Å². The molecule has 0 saturated carbocycles. The molecular formula is C14H16BrN3O2. The maximum absolute atomic E-state index is 6.10. The number of aromatic nitrogens is 2. The highest BCUT2D eigenvalue weighted by atomic mass is 79.9. The van der Waals surface area contributed by atoms with E-state index in [-0.39, 0.29) is 12.1 Å². The van der Waals surface area contributed by atoms with Crippen LogP contribution in [-0.2, 0) is 4.74 Å². The van der Waals surface area contributed by atoms with Gasteiger partial charge in [-0.25, -0.2) is 9.97 Å². The summed E-state index contributed by atoms with van der Waals surface area (Å²) in [6.07, 6.45) is 1.96.